The highest BCUT2D eigenvalue weighted by Crippen LogP contribution is 2.29. The molecule has 0 saturated heterocycles. The van der Waals surface area contributed by atoms with Crippen molar-refractivity contribution in [3.05, 3.63) is 34.4 Å². The van der Waals surface area contributed by atoms with Crippen LogP contribution in [0.4, 0.5) is 5.69 Å². The highest BCUT2D eigenvalue weighted by Gasteiger charge is 2.28. The van der Waals surface area contributed by atoms with Crippen molar-refractivity contribution >= 4 is 23.4 Å². The van der Waals surface area contributed by atoms with Crippen LogP contribution in [0.15, 0.2) is 29.2 Å². The Morgan fingerprint density at radius 3 is 2.71 bits per heavy atom. The summed E-state index contributed by atoms with van der Waals surface area (Å²) < 4.78 is 4.64. The van der Waals surface area contributed by atoms with Crippen molar-refractivity contribution < 1.29 is 14.5 Å². The zero-order chi connectivity index (χ0) is 15.9. The summed E-state index contributed by atoms with van der Waals surface area (Å²) in [5.41, 5.74) is 5.01. The number of methoxy groups -OCH3 is 1. The van der Waals surface area contributed by atoms with E-state index in [0.29, 0.717) is 11.3 Å². The van der Waals surface area contributed by atoms with Gasteiger partial charge in [-0.25, -0.2) is 0 Å². The third-order valence-electron chi connectivity index (χ3n) is 3.06. The molecule has 0 aromatic heterocycles. The van der Waals surface area contributed by atoms with Gasteiger partial charge in [0.1, 0.15) is 5.54 Å². The lowest BCUT2D eigenvalue weighted by Crippen LogP contribution is -2.45. The Morgan fingerprint density at radius 1 is 1.43 bits per heavy atom. The second kappa shape index (κ2) is 7.99. The van der Waals surface area contributed by atoms with E-state index in [1.165, 1.54) is 24.9 Å². The van der Waals surface area contributed by atoms with Crippen molar-refractivity contribution in [3.8, 4) is 0 Å². The molecule has 2 N–H and O–H groups in total. The van der Waals surface area contributed by atoms with Crippen LogP contribution in [0.1, 0.15) is 26.2 Å². The molecule has 0 aliphatic rings. The fraction of sp³-hybridized carbons (Fsp3) is 0.500. The molecule has 0 amide bonds. The first-order valence-electron chi connectivity index (χ1n) is 6.62. The van der Waals surface area contributed by atoms with Crippen LogP contribution in [0.25, 0.3) is 0 Å². The van der Waals surface area contributed by atoms with Gasteiger partial charge in [-0.05, 0) is 31.6 Å². The molecule has 1 unspecified atom stereocenters. The zero-order valence-electron chi connectivity index (χ0n) is 12.2. The number of hydrogen-bond acceptors (Lipinski definition) is 6. The van der Waals surface area contributed by atoms with Gasteiger partial charge in [0, 0.05) is 6.07 Å². The Morgan fingerprint density at radius 2 is 2.10 bits per heavy atom. The molecule has 1 aromatic rings. The highest BCUT2D eigenvalue weighted by atomic mass is 32.2. The smallest absolute Gasteiger partial charge is 0.325 e. The predicted molar refractivity (Wildman–Crippen MR) is 82.3 cm³/mol. The number of nitro groups is 1. The summed E-state index contributed by atoms with van der Waals surface area (Å²) >= 11 is 1.44. The van der Waals surface area contributed by atoms with Crippen molar-refractivity contribution in [2.24, 2.45) is 5.73 Å². The molecular formula is C14H20N2O4S. The van der Waals surface area contributed by atoms with Crippen LogP contribution in [-0.4, -0.2) is 29.3 Å². The molecule has 0 radical (unpaired) electrons. The molecule has 7 heteroatoms. The van der Waals surface area contributed by atoms with Crippen LogP contribution in [0.5, 0.6) is 0 Å². The lowest BCUT2D eigenvalue weighted by Gasteiger charge is -2.20. The van der Waals surface area contributed by atoms with Gasteiger partial charge in [-0.2, -0.15) is 0 Å². The van der Waals surface area contributed by atoms with Gasteiger partial charge in [0.15, 0.2) is 0 Å². The quantitative estimate of drug-likeness (QED) is 0.261. The minimum atomic E-state index is -0.974. The number of nitrogens with two attached hydrogens (primary N) is 1. The third kappa shape index (κ3) is 5.35. The number of benzene rings is 1. The summed E-state index contributed by atoms with van der Waals surface area (Å²) in [4.78, 5) is 22.6. The summed E-state index contributed by atoms with van der Waals surface area (Å²) in [6, 6.07) is 6.67. The van der Waals surface area contributed by atoms with Crippen molar-refractivity contribution in [1.29, 1.82) is 0 Å². The lowest BCUT2D eigenvalue weighted by molar-refractivity contribution is -0.387. The van der Waals surface area contributed by atoms with Crippen molar-refractivity contribution in [2.45, 2.75) is 36.6 Å². The van der Waals surface area contributed by atoms with E-state index in [9.17, 15) is 14.9 Å². The number of hydrogen-bond donors (Lipinski definition) is 1. The van der Waals surface area contributed by atoms with Gasteiger partial charge in [-0.3, -0.25) is 14.9 Å². The van der Waals surface area contributed by atoms with Gasteiger partial charge in [0.25, 0.3) is 5.69 Å². The largest absolute Gasteiger partial charge is 0.468 e. The fourth-order valence-corrected chi connectivity index (χ4v) is 2.88. The Kier molecular flexibility index (Phi) is 6.64. The van der Waals surface area contributed by atoms with Crippen LogP contribution in [0.2, 0.25) is 0 Å². The first-order valence-corrected chi connectivity index (χ1v) is 7.60. The molecule has 0 saturated carbocycles. The Hall–Kier alpha value is -1.60. The van der Waals surface area contributed by atoms with Crippen LogP contribution in [0.3, 0.4) is 0 Å². The summed E-state index contributed by atoms with van der Waals surface area (Å²) in [5.74, 6) is 0.316. The zero-order valence-corrected chi connectivity index (χ0v) is 13.0. The topological polar surface area (TPSA) is 95.5 Å². The second-order valence-electron chi connectivity index (χ2n) is 4.94. The summed E-state index contributed by atoms with van der Waals surface area (Å²) in [6.45, 7) is 1.65. The molecule has 21 heavy (non-hydrogen) atoms. The maximum Gasteiger partial charge on any atom is 0.325 e. The van der Waals surface area contributed by atoms with Gasteiger partial charge in [0.2, 0.25) is 0 Å². The first kappa shape index (κ1) is 17.5. The third-order valence-corrected chi connectivity index (χ3v) is 4.21. The number of thioether (sulfide) groups is 1. The number of nitro benzene ring substituents is 1. The Bertz CT molecular complexity index is 506. The van der Waals surface area contributed by atoms with Crippen molar-refractivity contribution in [1.82, 2.24) is 0 Å². The maximum atomic E-state index is 11.4. The number of nitrogens with zero attached hydrogens (tertiary/aromatic N) is 1. The van der Waals surface area contributed by atoms with Crippen molar-refractivity contribution in [3.63, 3.8) is 0 Å². The van der Waals surface area contributed by atoms with E-state index in [1.807, 2.05) is 0 Å². The second-order valence-corrected chi connectivity index (χ2v) is 6.08. The molecule has 0 spiro atoms. The average Bonchev–Trinajstić information content (AvgIpc) is 2.46. The number of rotatable bonds is 8. The van der Waals surface area contributed by atoms with E-state index in [1.54, 1.807) is 25.1 Å². The summed E-state index contributed by atoms with van der Waals surface area (Å²) in [6.07, 6.45) is 2.10. The SMILES string of the molecule is COC(=O)C(C)(N)CCCCSc1ccccc1[N+](=O)[O-]. The number of esters is 1. The maximum absolute atomic E-state index is 11.4. The number of ether oxygens (including phenoxy) is 1. The number of para-hydroxylation sites is 1. The van der Waals surface area contributed by atoms with Gasteiger partial charge in [0.05, 0.1) is 16.9 Å². The van der Waals surface area contributed by atoms with E-state index >= 15 is 0 Å². The van der Waals surface area contributed by atoms with E-state index in [2.05, 4.69) is 4.74 Å². The molecular weight excluding hydrogens is 292 g/mol. The number of carbonyl (C=O) groups excluding carboxylic acids is 1. The molecule has 1 rings (SSSR count). The summed E-state index contributed by atoms with van der Waals surface area (Å²) in [5, 5.41) is 10.9. The van der Waals surface area contributed by atoms with E-state index in [-0.39, 0.29) is 10.6 Å². The average molecular weight is 312 g/mol. The molecule has 0 bridgehead atoms. The standard InChI is InChI=1S/C14H20N2O4S/c1-14(15,13(17)20-2)9-5-6-10-21-12-8-4-3-7-11(12)16(18)19/h3-4,7-8H,5-6,9-10,15H2,1-2H3. The number of unbranched alkanes of at least 4 members (excludes halogenated alkanes) is 1. The minimum Gasteiger partial charge on any atom is -0.468 e. The number of carbonyl (C=O) groups is 1. The molecule has 0 fully saturated rings. The van der Waals surface area contributed by atoms with Crippen LogP contribution < -0.4 is 5.73 Å². The molecule has 1 atom stereocenters. The van der Waals surface area contributed by atoms with Crippen LogP contribution >= 0.6 is 11.8 Å². The van der Waals surface area contributed by atoms with Gasteiger partial charge in [-0.1, -0.05) is 18.6 Å². The van der Waals surface area contributed by atoms with Gasteiger partial charge < -0.3 is 10.5 Å². The van der Waals surface area contributed by atoms with E-state index in [0.717, 1.165) is 18.6 Å². The molecule has 0 heterocycles. The van der Waals surface area contributed by atoms with Crippen LogP contribution in [0, 0.1) is 10.1 Å². The normalized spacial score (nSPS) is 13.5. The van der Waals surface area contributed by atoms with Crippen molar-refractivity contribution in [2.75, 3.05) is 12.9 Å². The first-order chi connectivity index (χ1) is 9.88. The van der Waals surface area contributed by atoms with Gasteiger partial charge in [-0.15, -0.1) is 11.8 Å². The van der Waals surface area contributed by atoms with E-state index < -0.39 is 11.5 Å². The monoisotopic (exact) mass is 312 g/mol. The minimum absolute atomic E-state index is 0.126. The predicted octanol–water partition coefficient (Wildman–Crippen LogP) is 2.75. The molecule has 1 aromatic carbocycles. The lowest BCUT2D eigenvalue weighted by atomic mass is 9.97. The molecule has 116 valence electrons. The molecule has 0 aliphatic carbocycles. The fourth-order valence-electron chi connectivity index (χ4n) is 1.84. The molecule has 0 aliphatic heterocycles. The molecule has 6 nitrogen and oxygen atoms in total. The Balaban J connectivity index is 2.39. The highest BCUT2D eigenvalue weighted by molar-refractivity contribution is 7.99. The van der Waals surface area contributed by atoms with Crippen LogP contribution in [-0.2, 0) is 9.53 Å². The Labute approximate surface area is 128 Å². The summed E-state index contributed by atoms with van der Waals surface area (Å²) in [7, 11) is 1.32. The van der Waals surface area contributed by atoms with E-state index in [4.69, 9.17) is 5.73 Å². The van der Waals surface area contributed by atoms with Gasteiger partial charge >= 0.3 is 5.97 Å².